The fourth-order valence-electron chi connectivity index (χ4n) is 5.12. The SMILES string of the molecule is CCCN(Cc1c(CC)nn(-c2ccc(F)cc2)c1N1CCN(C(C)C)CC1)C(=O)c1cccc([N+](=O)[O-])c1. The van der Waals surface area contributed by atoms with E-state index in [-0.39, 0.29) is 23.0 Å². The van der Waals surface area contributed by atoms with Crippen molar-refractivity contribution in [3.05, 3.63) is 81.3 Å². The molecule has 0 N–H and O–H groups in total. The van der Waals surface area contributed by atoms with Crippen molar-refractivity contribution in [2.24, 2.45) is 0 Å². The van der Waals surface area contributed by atoms with E-state index in [4.69, 9.17) is 5.10 Å². The summed E-state index contributed by atoms with van der Waals surface area (Å²) < 4.78 is 15.7. The van der Waals surface area contributed by atoms with Crippen LogP contribution in [0.25, 0.3) is 5.69 Å². The van der Waals surface area contributed by atoms with Crippen molar-refractivity contribution in [3.63, 3.8) is 0 Å². The molecular weight excluding hydrogens is 499 g/mol. The lowest BCUT2D eigenvalue weighted by molar-refractivity contribution is -0.384. The van der Waals surface area contributed by atoms with E-state index in [9.17, 15) is 19.3 Å². The van der Waals surface area contributed by atoms with Gasteiger partial charge < -0.3 is 9.80 Å². The molecule has 0 radical (unpaired) electrons. The molecule has 0 aliphatic carbocycles. The average Bonchev–Trinajstić information content (AvgIpc) is 3.31. The number of nitro benzene ring substituents is 1. The minimum Gasteiger partial charge on any atom is -0.354 e. The van der Waals surface area contributed by atoms with Gasteiger partial charge in [-0.3, -0.25) is 19.8 Å². The van der Waals surface area contributed by atoms with Gasteiger partial charge in [-0.2, -0.15) is 5.10 Å². The number of benzene rings is 2. The smallest absolute Gasteiger partial charge is 0.270 e. The van der Waals surface area contributed by atoms with Crippen LogP contribution in [0.4, 0.5) is 15.9 Å². The normalized spacial score (nSPS) is 14.2. The summed E-state index contributed by atoms with van der Waals surface area (Å²) in [5.74, 6) is 0.341. The minimum absolute atomic E-state index is 0.112. The van der Waals surface area contributed by atoms with E-state index in [0.717, 1.165) is 55.4 Å². The van der Waals surface area contributed by atoms with Crippen molar-refractivity contribution in [3.8, 4) is 5.69 Å². The minimum atomic E-state index is -0.488. The van der Waals surface area contributed by atoms with Crippen LogP contribution < -0.4 is 4.90 Å². The summed E-state index contributed by atoms with van der Waals surface area (Å²) in [6, 6.07) is 12.6. The number of piperazine rings is 1. The lowest BCUT2D eigenvalue weighted by Crippen LogP contribution is -2.49. The quantitative estimate of drug-likeness (QED) is 0.266. The molecule has 10 heteroatoms. The number of carbonyl (C=O) groups excluding carboxylic acids is 1. The van der Waals surface area contributed by atoms with Gasteiger partial charge >= 0.3 is 0 Å². The Morgan fingerprint density at radius 3 is 2.38 bits per heavy atom. The van der Waals surface area contributed by atoms with Crippen LogP contribution >= 0.6 is 0 Å². The fourth-order valence-corrected chi connectivity index (χ4v) is 5.12. The lowest BCUT2D eigenvalue weighted by atomic mass is 10.1. The summed E-state index contributed by atoms with van der Waals surface area (Å²) in [6.45, 7) is 12.6. The molecule has 1 saturated heterocycles. The topological polar surface area (TPSA) is 87.8 Å². The summed E-state index contributed by atoms with van der Waals surface area (Å²) in [6.07, 6.45) is 1.39. The van der Waals surface area contributed by atoms with Crippen LogP contribution in [0, 0.1) is 15.9 Å². The number of amides is 1. The van der Waals surface area contributed by atoms with Crippen LogP contribution in [0.2, 0.25) is 0 Å². The molecule has 208 valence electrons. The van der Waals surface area contributed by atoms with Crippen molar-refractivity contribution in [1.29, 1.82) is 0 Å². The largest absolute Gasteiger partial charge is 0.354 e. The molecule has 1 aromatic heterocycles. The van der Waals surface area contributed by atoms with Gasteiger partial charge in [0.2, 0.25) is 0 Å². The molecule has 3 aromatic rings. The maximum absolute atomic E-state index is 13.8. The molecule has 0 bridgehead atoms. The molecule has 0 spiro atoms. The number of nitrogens with zero attached hydrogens (tertiary/aromatic N) is 6. The first-order chi connectivity index (χ1) is 18.7. The van der Waals surface area contributed by atoms with Gasteiger partial charge in [-0.15, -0.1) is 0 Å². The van der Waals surface area contributed by atoms with E-state index in [1.165, 1.54) is 24.3 Å². The first kappa shape index (κ1) is 28.2. The standard InChI is InChI=1S/C29H37FN6O3/c1-5-14-34(29(37)22-8-7-9-25(19-22)36(38)39)20-26-27(6-2)31-35(24-12-10-23(30)11-13-24)28(26)33-17-15-32(16-18-33)21(3)4/h7-13,19,21H,5-6,14-18,20H2,1-4H3. The Morgan fingerprint density at radius 1 is 1.10 bits per heavy atom. The van der Waals surface area contributed by atoms with E-state index >= 15 is 0 Å². The third kappa shape index (κ3) is 6.27. The Balaban J connectivity index is 1.76. The van der Waals surface area contributed by atoms with Crippen LogP contribution in [-0.4, -0.2) is 69.2 Å². The van der Waals surface area contributed by atoms with Gasteiger partial charge in [-0.25, -0.2) is 9.07 Å². The van der Waals surface area contributed by atoms with Crippen LogP contribution in [0.3, 0.4) is 0 Å². The molecule has 2 aromatic carbocycles. The molecule has 1 amide bonds. The molecule has 4 rings (SSSR count). The second kappa shape index (κ2) is 12.4. The summed E-state index contributed by atoms with van der Waals surface area (Å²) in [4.78, 5) is 31.0. The number of non-ortho nitro benzene ring substituents is 1. The Kier molecular flexibility index (Phi) is 8.96. The Hall–Kier alpha value is -3.79. The number of halogens is 1. The van der Waals surface area contributed by atoms with Gasteiger partial charge in [-0.1, -0.05) is 19.9 Å². The van der Waals surface area contributed by atoms with Gasteiger partial charge in [0.1, 0.15) is 11.6 Å². The fraction of sp³-hybridized carbons (Fsp3) is 0.448. The van der Waals surface area contributed by atoms with E-state index in [0.29, 0.717) is 25.6 Å². The third-order valence-corrected chi connectivity index (χ3v) is 7.22. The maximum Gasteiger partial charge on any atom is 0.270 e. The highest BCUT2D eigenvalue weighted by Gasteiger charge is 2.29. The van der Waals surface area contributed by atoms with Crippen molar-refractivity contribution >= 4 is 17.4 Å². The van der Waals surface area contributed by atoms with Crippen LogP contribution in [0.5, 0.6) is 0 Å². The maximum atomic E-state index is 13.8. The number of nitro groups is 1. The van der Waals surface area contributed by atoms with Gasteiger partial charge in [0.25, 0.3) is 11.6 Å². The molecular formula is C29H37FN6O3. The number of hydrogen-bond donors (Lipinski definition) is 0. The zero-order valence-corrected chi connectivity index (χ0v) is 23.1. The highest BCUT2D eigenvalue weighted by Crippen LogP contribution is 2.31. The van der Waals surface area contributed by atoms with Gasteiger partial charge in [0, 0.05) is 62.0 Å². The molecule has 0 saturated carbocycles. The van der Waals surface area contributed by atoms with E-state index in [1.54, 1.807) is 29.2 Å². The molecule has 1 aliphatic heterocycles. The molecule has 39 heavy (non-hydrogen) atoms. The number of aryl methyl sites for hydroxylation is 1. The predicted octanol–water partition coefficient (Wildman–Crippen LogP) is 5.06. The summed E-state index contributed by atoms with van der Waals surface area (Å²) in [5.41, 5.74) is 2.75. The second-order valence-electron chi connectivity index (χ2n) is 10.1. The van der Waals surface area contributed by atoms with Crippen LogP contribution in [-0.2, 0) is 13.0 Å². The number of rotatable bonds is 10. The van der Waals surface area contributed by atoms with Crippen molar-refractivity contribution in [2.45, 2.75) is 53.1 Å². The van der Waals surface area contributed by atoms with Gasteiger partial charge in [0.05, 0.1) is 22.8 Å². The van der Waals surface area contributed by atoms with E-state index < -0.39 is 4.92 Å². The van der Waals surface area contributed by atoms with Crippen molar-refractivity contribution in [1.82, 2.24) is 19.6 Å². The number of aromatic nitrogens is 2. The monoisotopic (exact) mass is 536 g/mol. The zero-order valence-electron chi connectivity index (χ0n) is 23.1. The Bertz CT molecular complexity index is 1300. The lowest BCUT2D eigenvalue weighted by Gasteiger charge is -2.38. The third-order valence-electron chi connectivity index (χ3n) is 7.22. The molecule has 0 atom stereocenters. The summed E-state index contributed by atoms with van der Waals surface area (Å²) >= 11 is 0. The first-order valence-electron chi connectivity index (χ1n) is 13.6. The van der Waals surface area contributed by atoms with Crippen molar-refractivity contribution < 1.29 is 14.1 Å². The highest BCUT2D eigenvalue weighted by atomic mass is 19.1. The van der Waals surface area contributed by atoms with Gasteiger partial charge in [-0.05, 0) is 57.0 Å². The predicted molar refractivity (Wildman–Crippen MR) is 150 cm³/mol. The highest BCUT2D eigenvalue weighted by molar-refractivity contribution is 5.95. The molecule has 0 unspecified atom stereocenters. The van der Waals surface area contributed by atoms with Gasteiger partial charge in [0.15, 0.2) is 0 Å². The average molecular weight is 537 g/mol. The van der Waals surface area contributed by atoms with E-state index in [1.807, 2.05) is 18.5 Å². The Labute approximate surface area is 229 Å². The molecule has 1 aliphatic rings. The molecule has 9 nitrogen and oxygen atoms in total. The number of anilines is 1. The zero-order chi connectivity index (χ0) is 28.1. The number of hydrogen-bond acceptors (Lipinski definition) is 6. The first-order valence-corrected chi connectivity index (χ1v) is 13.6. The molecule has 2 heterocycles. The summed E-state index contributed by atoms with van der Waals surface area (Å²) in [7, 11) is 0. The summed E-state index contributed by atoms with van der Waals surface area (Å²) in [5, 5.41) is 16.3. The van der Waals surface area contributed by atoms with E-state index in [2.05, 4.69) is 23.6 Å². The van der Waals surface area contributed by atoms with Crippen molar-refractivity contribution in [2.75, 3.05) is 37.6 Å². The Morgan fingerprint density at radius 2 is 1.79 bits per heavy atom. The number of carbonyl (C=O) groups is 1. The van der Waals surface area contributed by atoms with Crippen LogP contribution in [0.15, 0.2) is 48.5 Å². The van der Waals surface area contributed by atoms with Crippen LogP contribution in [0.1, 0.15) is 55.7 Å². The second-order valence-corrected chi connectivity index (χ2v) is 10.1. The molecule has 1 fully saturated rings.